The molecule has 0 aromatic rings. The first-order valence-corrected chi connectivity index (χ1v) is 9.02. The van der Waals surface area contributed by atoms with Crippen LogP contribution in [0, 0.1) is 5.92 Å². The molecule has 0 radical (unpaired) electrons. The minimum atomic E-state index is 0. The summed E-state index contributed by atoms with van der Waals surface area (Å²) in [6.07, 6.45) is 5.23. The van der Waals surface area contributed by atoms with Gasteiger partial charge < -0.3 is 15.5 Å². The topological polar surface area (TPSA) is 42.9 Å². The van der Waals surface area contributed by atoms with Gasteiger partial charge in [-0.3, -0.25) is 9.89 Å². The number of guanidine groups is 1. The monoisotopic (exact) mass is 437 g/mol. The van der Waals surface area contributed by atoms with E-state index in [0.29, 0.717) is 12.1 Å². The molecule has 1 saturated heterocycles. The lowest BCUT2D eigenvalue weighted by Crippen LogP contribution is -2.52. The minimum Gasteiger partial charge on any atom is -0.357 e. The zero-order chi connectivity index (χ0) is 15.9. The third-order valence-corrected chi connectivity index (χ3v) is 5.14. The van der Waals surface area contributed by atoms with Crippen molar-refractivity contribution in [3.63, 3.8) is 0 Å². The Morgan fingerprint density at radius 2 is 1.83 bits per heavy atom. The van der Waals surface area contributed by atoms with Crippen molar-refractivity contribution in [1.29, 1.82) is 0 Å². The zero-order valence-corrected chi connectivity index (χ0v) is 17.7. The van der Waals surface area contributed by atoms with Gasteiger partial charge in [0.15, 0.2) is 5.96 Å². The lowest BCUT2D eigenvalue weighted by molar-refractivity contribution is 0.119. The molecule has 0 amide bonds. The predicted octanol–water partition coefficient (Wildman–Crippen LogP) is 1.98. The molecule has 0 spiro atoms. The second-order valence-electron chi connectivity index (χ2n) is 7.22. The molecule has 2 rings (SSSR count). The highest BCUT2D eigenvalue weighted by Gasteiger charge is 2.22. The van der Waals surface area contributed by atoms with Crippen LogP contribution in [0.4, 0.5) is 0 Å². The van der Waals surface area contributed by atoms with E-state index in [1.165, 1.54) is 25.7 Å². The van der Waals surface area contributed by atoms with Crippen molar-refractivity contribution < 1.29 is 0 Å². The summed E-state index contributed by atoms with van der Waals surface area (Å²) in [6.45, 7) is 9.72. The summed E-state index contributed by atoms with van der Waals surface area (Å²) in [5, 5.41) is 7.06. The standard InChI is InChI=1S/C17H35N5.HI/c1-5-18-17(20-15-8-6-14(2)7-9-15)19-12-16-13-21(3)10-11-22(16)4;/h14-16H,5-13H2,1-4H3,(H2,18,19,20);1H. The van der Waals surface area contributed by atoms with Crippen molar-refractivity contribution in [1.82, 2.24) is 20.4 Å². The number of likely N-dealkylation sites (N-methyl/N-ethyl adjacent to an activating group) is 2. The summed E-state index contributed by atoms with van der Waals surface area (Å²) >= 11 is 0. The van der Waals surface area contributed by atoms with Crippen LogP contribution in [0.1, 0.15) is 39.5 Å². The first-order valence-electron chi connectivity index (χ1n) is 9.02. The van der Waals surface area contributed by atoms with Crippen LogP contribution in [0.15, 0.2) is 4.99 Å². The number of nitrogens with one attached hydrogen (secondary N) is 2. The molecule has 1 unspecified atom stereocenters. The molecular formula is C17H36IN5. The molecule has 2 aliphatic rings. The lowest BCUT2D eigenvalue weighted by atomic mass is 9.87. The average molecular weight is 437 g/mol. The fourth-order valence-corrected chi connectivity index (χ4v) is 3.41. The van der Waals surface area contributed by atoms with E-state index in [9.17, 15) is 0 Å². The molecule has 1 heterocycles. The lowest BCUT2D eigenvalue weighted by Gasteiger charge is -2.37. The van der Waals surface area contributed by atoms with Crippen LogP contribution in [0.3, 0.4) is 0 Å². The number of piperazine rings is 1. The SMILES string of the molecule is CCNC(=NCC1CN(C)CCN1C)NC1CCC(C)CC1.I. The molecule has 6 heteroatoms. The quantitative estimate of drug-likeness (QED) is 0.401. The molecule has 1 saturated carbocycles. The minimum absolute atomic E-state index is 0. The maximum atomic E-state index is 4.86. The Morgan fingerprint density at radius 3 is 2.48 bits per heavy atom. The van der Waals surface area contributed by atoms with Crippen LogP contribution in [0.2, 0.25) is 0 Å². The second kappa shape index (κ2) is 10.7. The summed E-state index contributed by atoms with van der Waals surface area (Å²) < 4.78 is 0. The van der Waals surface area contributed by atoms with Crippen LogP contribution >= 0.6 is 24.0 Å². The van der Waals surface area contributed by atoms with Crippen molar-refractivity contribution in [2.24, 2.45) is 10.9 Å². The van der Waals surface area contributed by atoms with E-state index < -0.39 is 0 Å². The van der Waals surface area contributed by atoms with Crippen molar-refractivity contribution in [2.45, 2.75) is 51.6 Å². The number of nitrogens with zero attached hydrogens (tertiary/aromatic N) is 3. The van der Waals surface area contributed by atoms with Crippen molar-refractivity contribution >= 4 is 29.9 Å². The molecule has 1 aliphatic carbocycles. The van der Waals surface area contributed by atoms with Crippen molar-refractivity contribution in [2.75, 3.05) is 46.8 Å². The summed E-state index contributed by atoms with van der Waals surface area (Å²) in [7, 11) is 4.42. The van der Waals surface area contributed by atoms with E-state index in [2.05, 4.69) is 48.4 Å². The molecule has 0 bridgehead atoms. The van der Waals surface area contributed by atoms with Gasteiger partial charge in [0.25, 0.3) is 0 Å². The maximum absolute atomic E-state index is 4.86. The van der Waals surface area contributed by atoms with Gasteiger partial charge in [-0.1, -0.05) is 6.92 Å². The Bertz CT molecular complexity index is 355. The molecule has 2 N–H and O–H groups in total. The van der Waals surface area contributed by atoms with E-state index >= 15 is 0 Å². The molecule has 0 aromatic carbocycles. The zero-order valence-electron chi connectivity index (χ0n) is 15.3. The first-order chi connectivity index (χ1) is 10.6. The Labute approximate surface area is 159 Å². The molecule has 2 fully saturated rings. The first kappa shape index (κ1) is 21.0. The van der Waals surface area contributed by atoms with Gasteiger partial charge in [-0.15, -0.1) is 24.0 Å². The number of halogens is 1. The van der Waals surface area contributed by atoms with Gasteiger partial charge in [-0.2, -0.15) is 0 Å². The molecule has 5 nitrogen and oxygen atoms in total. The number of rotatable bonds is 4. The number of hydrogen-bond donors (Lipinski definition) is 2. The normalized spacial score (nSPS) is 30.6. The number of hydrogen-bond acceptors (Lipinski definition) is 3. The molecule has 0 aromatic heterocycles. The smallest absolute Gasteiger partial charge is 0.191 e. The van der Waals surface area contributed by atoms with Gasteiger partial charge >= 0.3 is 0 Å². The predicted molar refractivity (Wildman–Crippen MR) is 110 cm³/mol. The Morgan fingerprint density at radius 1 is 1.13 bits per heavy atom. The molecule has 23 heavy (non-hydrogen) atoms. The largest absolute Gasteiger partial charge is 0.357 e. The van der Waals surface area contributed by atoms with Crippen molar-refractivity contribution in [3.05, 3.63) is 0 Å². The Balaban J connectivity index is 0.00000264. The van der Waals surface area contributed by atoms with Gasteiger partial charge in [0, 0.05) is 38.3 Å². The van der Waals surface area contributed by atoms with Crippen LogP contribution < -0.4 is 10.6 Å². The van der Waals surface area contributed by atoms with Crippen LogP contribution in [0.25, 0.3) is 0 Å². The Kier molecular flexibility index (Phi) is 9.77. The van der Waals surface area contributed by atoms with E-state index in [-0.39, 0.29) is 24.0 Å². The van der Waals surface area contributed by atoms with Gasteiger partial charge in [-0.05, 0) is 52.6 Å². The van der Waals surface area contributed by atoms with Crippen LogP contribution in [-0.4, -0.2) is 74.7 Å². The van der Waals surface area contributed by atoms with Crippen molar-refractivity contribution in [3.8, 4) is 0 Å². The van der Waals surface area contributed by atoms with Gasteiger partial charge in [0.05, 0.1) is 6.54 Å². The van der Waals surface area contributed by atoms with Crippen LogP contribution in [-0.2, 0) is 0 Å². The highest BCUT2D eigenvalue weighted by Crippen LogP contribution is 2.23. The third kappa shape index (κ3) is 7.13. The summed E-state index contributed by atoms with van der Waals surface area (Å²) in [5.74, 6) is 1.90. The van der Waals surface area contributed by atoms with E-state index in [4.69, 9.17) is 4.99 Å². The highest BCUT2D eigenvalue weighted by molar-refractivity contribution is 14.0. The number of aliphatic imine (C=N–C) groups is 1. The van der Waals surface area contributed by atoms with Gasteiger partial charge in [0.1, 0.15) is 0 Å². The van der Waals surface area contributed by atoms with Gasteiger partial charge in [-0.25, -0.2) is 0 Å². The average Bonchev–Trinajstić information content (AvgIpc) is 2.50. The van der Waals surface area contributed by atoms with E-state index in [1.54, 1.807) is 0 Å². The third-order valence-electron chi connectivity index (χ3n) is 5.14. The summed E-state index contributed by atoms with van der Waals surface area (Å²) in [4.78, 5) is 9.71. The fraction of sp³-hybridized carbons (Fsp3) is 0.941. The summed E-state index contributed by atoms with van der Waals surface area (Å²) in [5.41, 5.74) is 0. The Hall–Kier alpha value is -0.0800. The fourth-order valence-electron chi connectivity index (χ4n) is 3.41. The maximum Gasteiger partial charge on any atom is 0.191 e. The molecule has 1 atom stereocenters. The van der Waals surface area contributed by atoms with E-state index in [0.717, 1.165) is 44.6 Å². The highest BCUT2D eigenvalue weighted by atomic mass is 127. The second-order valence-corrected chi connectivity index (χ2v) is 7.22. The van der Waals surface area contributed by atoms with Crippen LogP contribution in [0.5, 0.6) is 0 Å². The summed E-state index contributed by atoms with van der Waals surface area (Å²) in [6, 6.07) is 1.13. The van der Waals surface area contributed by atoms with Gasteiger partial charge in [0.2, 0.25) is 0 Å². The molecular weight excluding hydrogens is 401 g/mol. The molecule has 136 valence electrons. The molecule has 1 aliphatic heterocycles. The van der Waals surface area contributed by atoms with E-state index in [1.807, 2.05) is 0 Å².